The van der Waals surface area contributed by atoms with Gasteiger partial charge in [0.2, 0.25) is 0 Å². The first kappa shape index (κ1) is 10.9. The molecule has 17 heavy (non-hydrogen) atoms. The number of aromatic nitrogens is 2. The van der Waals surface area contributed by atoms with Crippen molar-refractivity contribution in [3.05, 3.63) is 35.9 Å². The van der Waals surface area contributed by atoms with Gasteiger partial charge in [0.25, 0.3) is 5.91 Å². The molecule has 0 fully saturated rings. The topological polar surface area (TPSA) is 120 Å². The van der Waals surface area contributed by atoms with E-state index in [1.54, 1.807) is 6.07 Å². The Labute approximate surface area is 96.8 Å². The van der Waals surface area contributed by atoms with Crippen molar-refractivity contribution in [1.82, 2.24) is 10.1 Å². The van der Waals surface area contributed by atoms with Crippen LogP contribution in [0.5, 0.6) is 0 Å². The Hall–Kier alpha value is -2.57. The van der Waals surface area contributed by atoms with Crippen LogP contribution < -0.4 is 16.8 Å². The maximum atomic E-state index is 11.1. The molecule has 2 heterocycles. The minimum Gasteiger partial charge on any atom is -0.397 e. The Bertz CT molecular complexity index is 523. The number of pyridine rings is 1. The fraction of sp³-hybridized carbons (Fsp3) is 0.100. The van der Waals surface area contributed by atoms with Crippen LogP contribution >= 0.6 is 0 Å². The first-order chi connectivity index (χ1) is 8.16. The van der Waals surface area contributed by atoms with Crippen molar-refractivity contribution in [3.8, 4) is 0 Å². The van der Waals surface area contributed by atoms with E-state index in [0.29, 0.717) is 12.4 Å². The highest BCUT2D eigenvalue weighted by atomic mass is 16.5. The lowest BCUT2D eigenvalue weighted by Crippen LogP contribution is -2.14. The van der Waals surface area contributed by atoms with Gasteiger partial charge in [0, 0.05) is 6.07 Å². The van der Waals surface area contributed by atoms with Crippen molar-refractivity contribution in [2.24, 2.45) is 5.73 Å². The van der Waals surface area contributed by atoms with Gasteiger partial charge in [-0.2, -0.15) is 0 Å². The fourth-order valence-electron chi connectivity index (χ4n) is 1.29. The van der Waals surface area contributed by atoms with Gasteiger partial charge in [0.1, 0.15) is 17.8 Å². The average molecular weight is 233 g/mol. The number of primary amides is 1. The molecule has 0 saturated heterocycles. The Morgan fingerprint density at radius 1 is 1.53 bits per heavy atom. The molecule has 0 aliphatic rings. The number of amides is 1. The Morgan fingerprint density at radius 3 is 3.00 bits per heavy atom. The number of carbonyl (C=O) groups excluding carboxylic acids is 1. The van der Waals surface area contributed by atoms with Crippen LogP contribution in [0.15, 0.2) is 29.1 Å². The second-order valence-electron chi connectivity index (χ2n) is 3.37. The zero-order chi connectivity index (χ0) is 12.3. The molecular weight excluding hydrogens is 222 g/mol. The number of hydrogen-bond donors (Lipinski definition) is 3. The number of hydrogen-bond acceptors (Lipinski definition) is 6. The van der Waals surface area contributed by atoms with Crippen LogP contribution in [0.1, 0.15) is 16.1 Å². The minimum atomic E-state index is -0.589. The second kappa shape index (κ2) is 4.52. The van der Waals surface area contributed by atoms with Crippen molar-refractivity contribution < 1.29 is 9.32 Å². The van der Waals surface area contributed by atoms with Crippen molar-refractivity contribution in [1.29, 1.82) is 0 Å². The highest BCUT2D eigenvalue weighted by molar-refractivity contribution is 5.98. The van der Waals surface area contributed by atoms with E-state index in [4.69, 9.17) is 11.5 Å². The van der Waals surface area contributed by atoms with Gasteiger partial charge in [-0.1, -0.05) is 5.16 Å². The van der Waals surface area contributed by atoms with Crippen molar-refractivity contribution in [2.45, 2.75) is 6.54 Å². The Balaban J connectivity index is 2.11. The van der Waals surface area contributed by atoms with Crippen LogP contribution in [0.3, 0.4) is 0 Å². The Kier molecular flexibility index (Phi) is 2.91. The summed E-state index contributed by atoms with van der Waals surface area (Å²) in [6.45, 7) is 0.436. The van der Waals surface area contributed by atoms with Gasteiger partial charge >= 0.3 is 0 Å². The molecule has 2 aromatic rings. The molecule has 0 radical (unpaired) electrons. The zero-order valence-electron chi connectivity index (χ0n) is 8.88. The molecule has 0 bridgehead atoms. The third-order valence-corrected chi connectivity index (χ3v) is 2.14. The van der Waals surface area contributed by atoms with Crippen LogP contribution in [0, 0.1) is 0 Å². The maximum absolute atomic E-state index is 11.1. The van der Waals surface area contributed by atoms with Crippen LogP contribution in [0.4, 0.5) is 11.5 Å². The number of nitrogens with two attached hydrogens (primary N) is 2. The molecule has 0 aliphatic carbocycles. The summed E-state index contributed by atoms with van der Waals surface area (Å²) >= 11 is 0. The highest BCUT2D eigenvalue weighted by Crippen LogP contribution is 2.14. The number of nitrogen functional groups attached to an aromatic ring is 1. The summed E-state index contributed by atoms with van der Waals surface area (Å²) in [5, 5.41) is 6.70. The SMILES string of the molecule is NC(=O)c1cc(NCc2ccon2)ncc1N. The third kappa shape index (κ3) is 2.51. The molecule has 7 nitrogen and oxygen atoms in total. The van der Waals surface area contributed by atoms with Crippen LogP contribution in [0.25, 0.3) is 0 Å². The zero-order valence-corrected chi connectivity index (χ0v) is 8.88. The summed E-state index contributed by atoms with van der Waals surface area (Å²) < 4.78 is 4.68. The molecule has 5 N–H and O–H groups in total. The molecule has 0 aromatic carbocycles. The lowest BCUT2D eigenvalue weighted by molar-refractivity contribution is 0.100. The lowest BCUT2D eigenvalue weighted by Gasteiger charge is -2.06. The number of anilines is 2. The molecule has 1 amide bonds. The van der Waals surface area contributed by atoms with Gasteiger partial charge in [0.15, 0.2) is 0 Å². The molecule has 2 rings (SSSR count). The van der Waals surface area contributed by atoms with Gasteiger partial charge < -0.3 is 21.3 Å². The van der Waals surface area contributed by atoms with Gasteiger partial charge in [0.05, 0.1) is 24.0 Å². The number of nitrogens with one attached hydrogen (secondary N) is 1. The third-order valence-electron chi connectivity index (χ3n) is 2.14. The number of carbonyl (C=O) groups is 1. The average Bonchev–Trinajstić information content (AvgIpc) is 2.80. The highest BCUT2D eigenvalue weighted by Gasteiger charge is 2.07. The number of rotatable bonds is 4. The van der Waals surface area contributed by atoms with E-state index in [2.05, 4.69) is 20.0 Å². The molecule has 0 spiro atoms. The van der Waals surface area contributed by atoms with Crippen molar-refractivity contribution in [3.63, 3.8) is 0 Å². The summed E-state index contributed by atoms with van der Waals surface area (Å²) in [6.07, 6.45) is 2.85. The number of nitrogens with zero attached hydrogens (tertiary/aromatic N) is 2. The predicted octanol–water partition coefficient (Wildman–Crippen LogP) is 0.363. The van der Waals surface area contributed by atoms with E-state index >= 15 is 0 Å². The van der Waals surface area contributed by atoms with Crippen molar-refractivity contribution in [2.75, 3.05) is 11.1 Å². The van der Waals surface area contributed by atoms with Crippen molar-refractivity contribution >= 4 is 17.4 Å². The Morgan fingerprint density at radius 2 is 2.35 bits per heavy atom. The minimum absolute atomic E-state index is 0.239. The largest absolute Gasteiger partial charge is 0.397 e. The molecule has 7 heteroatoms. The summed E-state index contributed by atoms with van der Waals surface area (Å²) in [5.74, 6) is -0.0922. The molecule has 0 aliphatic heterocycles. The van der Waals surface area contributed by atoms with E-state index in [1.165, 1.54) is 18.5 Å². The maximum Gasteiger partial charge on any atom is 0.250 e. The summed E-state index contributed by atoms with van der Waals surface area (Å²) in [4.78, 5) is 15.1. The van der Waals surface area contributed by atoms with E-state index < -0.39 is 5.91 Å². The van der Waals surface area contributed by atoms with Gasteiger partial charge in [-0.3, -0.25) is 4.79 Å². The molecule has 0 saturated carbocycles. The monoisotopic (exact) mass is 233 g/mol. The molecule has 88 valence electrons. The fourth-order valence-corrected chi connectivity index (χ4v) is 1.29. The van der Waals surface area contributed by atoms with Gasteiger partial charge in [-0.25, -0.2) is 4.98 Å². The lowest BCUT2D eigenvalue weighted by atomic mass is 10.2. The standard InChI is InChI=1S/C10H11N5O2/c11-8-5-14-9(3-7(8)10(12)16)13-4-6-1-2-17-15-6/h1-3,5H,4,11H2,(H2,12,16)(H,13,14). The first-order valence-corrected chi connectivity index (χ1v) is 4.85. The van der Waals surface area contributed by atoms with Crippen LogP contribution in [-0.2, 0) is 6.54 Å². The molecule has 0 atom stereocenters. The summed E-state index contributed by atoms with van der Waals surface area (Å²) in [7, 11) is 0. The van der Waals surface area contributed by atoms with Crippen LogP contribution in [0.2, 0.25) is 0 Å². The first-order valence-electron chi connectivity index (χ1n) is 4.85. The van der Waals surface area contributed by atoms with Gasteiger partial charge in [-0.05, 0) is 6.07 Å². The quantitative estimate of drug-likeness (QED) is 0.701. The van der Waals surface area contributed by atoms with E-state index in [0.717, 1.165) is 5.69 Å². The van der Waals surface area contributed by atoms with E-state index in [9.17, 15) is 4.79 Å². The molecule has 2 aromatic heterocycles. The van der Waals surface area contributed by atoms with E-state index in [-0.39, 0.29) is 11.3 Å². The summed E-state index contributed by atoms with van der Waals surface area (Å²) in [5.41, 5.74) is 12.0. The predicted molar refractivity (Wildman–Crippen MR) is 61.0 cm³/mol. The second-order valence-corrected chi connectivity index (χ2v) is 3.37. The molecular formula is C10H11N5O2. The van der Waals surface area contributed by atoms with E-state index in [1.807, 2.05) is 0 Å². The van der Waals surface area contributed by atoms with Gasteiger partial charge in [-0.15, -0.1) is 0 Å². The molecule has 0 unspecified atom stereocenters. The van der Waals surface area contributed by atoms with Crippen LogP contribution in [-0.4, -0.2) is 16.0 Å². The normalized spacial score (nSPS) is 10.1. The summed E-state index contributed by atoms with van der Waals surface area (Å²) in [6, 6.07) is 3.22. The smallest absolute Gasteiger partial charge is 0.250 e.